The predicted octanol–water partition coefficient (Wildman–Crippen LogP) is 5.81. The molecule has 39 heavy (non-hydrogen) atoms. The van der Waals surface area contributed by atoms with Gasteiger partial charge in [0.1, 0.15) is 5.75 Å². The zero-order valence-corrected chi connectivity index (χ0v) is 23.5. The zero-order valence-electron chi connectivity index (χ0n) is 22.6. The fraction of sp³-hybridized carbons (Fsp3) is 0.258. The first-order chi connectivity index (χ1) is 18.9. The van der Waals surface area contributed by atoms with Crippen molar-refractivity contribution in [2.45, 2.75) is 39.3 Å². The minimum absolute atomic E-state index is 0.104. The lowest BCUT2D eigenvalue weighted by atomic mass is 9.96. The number of nitrogens with one attached hydrogen (secondary N) is 2. The van der Waals surface area contributed by atoms with Gasteiger partial charge >= 0.3 is 0 Å². The first-order valence-electron chi connectivity index (χ1n) is 13.0. The first-order valence-corrected chi connectivity index (χ1v) is 13.4. The van der Waals surface area contributed by atoms with E-state index in [1.165, 1.54) is 5.56 Å². The SMILES string of the molecule is COc1ccccc1NC(=O)CCN1C(=S)N[C@H](c2ccccn2)[C@@H]1c1cc(C)n(-c2cccc(C)c2)c1C. The summed E-state index contributed by atoms with van der Waals surface area (Å²) in [5.41, 5.74) is 7.32. The summed E-state index contributed by atoms with van der Waals surface area (Å²) in [7, 11) is 1.59. The average molecular weight is 540 g/mol. The van der Waals surface area contributed by atoms with Gasteiger partial charge in [-0.25, -0.2) is 0 Å². The summed E-state index contributed by atoms with van der Waals surface area (Å²) in [5.74, 6) is 0.522. The molecule has 2 N–H and O–H groups in total. The minimum atomic E-state index is -0.151. The lowest BCUT2D eigenvalue weighted by Gasteiger charge is -2.28. The van der Waals surface area contributed by atoms with Gasteiger partial charge in [-0.2, -0.15) is 0 Å². The van der Waals surface area contributed by atoms with Gasteiger partial charge in [0.05, 0.1) is 30.6 Å². The summed E-state index contributed by atoms with van der Waals surface area (Å²) in [4.78, 5) is 19.8. The van der Waals surface area contributed by atoms with Crippen LogP contribution in [0.2, 0.25) is 0 Å². The number of aryl methyl sites for hydroxylation is 2. The molecular weight excluding hydrogens is 506 g/mol. The molecule has 4 aromatic rings. The largest absolute Gasteiger partial charge is 0.495 e. The van der Waals surface area contributed by atoms with Crippen molar-refractivity contribution in [2.24, 2.45) is 0 Å². The van der Waals surface area contributed by atoms with Crippen LogP contribution in [-0.2, 0) is 4.79 Å². The van der Waals surface area contributed by atoms with Gasteiger partial charge in [0.25, 0.3) is 0 Å². The Morgan fingerprint density at radius 1 is 1.05 bits per heavy atom. The molecule has 1 aliphatic rings. The Morgan fingerprint density at radius 3 is 2.59 bits per heavy atom. The number of anilines is 1. The number of thiocarbonyl (C=S) groups is 1. The van der Waals surface area contributed by atoms with Gasteiger partial charge in [-0.3, -0.25) is 9.78 Å². The number of carbonyl (C=O) groups excluding carboxylic acids is 1. The second kappa shape index (κ2) is 11.3. The first kappa shape index (κ1) is 26.4. The molecule has 0 radical (unpaired) electrons. The number of pyridine rings is 1. The number of amides is 1. The lowest BCUT2D eigenvalue weighted by molar-refractivity contribution is -0.116. The second-order valence-electron chi connectivity index (χ2n) is 9.82. The summed E-state index contributed by atoms with van der Waals surface area (Å²) >= 11 is 5.84. The van der Waals surface area contributed by atoms with Crippen molar-refractivity contribution in [3.8, 4) is 11.4 Å². The van der Waals surface area contributed by atoms with Crippen LogP contribution in [0.3, 0.4) is 0 Å². The van der Waals surface area contributed by atoms with Crippen LogP contribution in [0.1, 0.15) is 46.7 Å². The maximum atomic E-state index is 13.0. The molecule has 5 rings (SSSR count). The molecule has 0 unspecified atom stereocenters. The third-order valence-corrected chi connectivity index (χ3v) is 7.56. The summed E-state index contributed by atoms with van der Waals surface area (Å²) in [6, 6.07) is 23.8. The molecule has 8 heteroatoms. The predicted molar refractivity (Wildman–Crippen MR) is 158 cm³/mol. The average Bonchev–Trinajstić information content (AvgIpc) is 3.42. The van der Waals surface area contributed by atoms with Gasteiger partial charge in [0, 0.05) is 36.2 Å². The molecule has 7 nitrogen and oxygen atoms in total. The third-order valence-electron chi connectivity index (χ3n) is 7.21. The number of ether oxygens (including phenoxy) is 1. The van der Waals surface area contributed by atoms with Crippen LogP contribution in [-0.4, -0.2) is 39.1 Å². The van der Waals surface area contributed by atoms with Crippen molar-refractivity contribution in [3.63, 3.8) is 0 Å². The van der Waals surface area contributed by atoms with Gasteiger partial charge in [0.15, 0.2) is 5.11 Å². The monoisotopic (exact) mass is 539 g/mol. The summed E-state index contributed by atoms with van der Waals surface area (Å²) in [6.07, 6.45) is 2.07. The highest BCUT2D eigenvalue weighted by Gasteiger charge is 2.41. The van der Waals surface area contributed by atoms with Crippen LogP contribution >= 0.6 is 12.2 Å². The fourth-order valence-electron chi connectivity index (χ4n) is 5.42. The van der Waals surface area contributed by atoms with Crippen molar-refractivity contribution in [2.75, 3.05) is 19.0 Å². The maximum Gasteiger partial charge on any atom is 0.226 e. The molecule has 200 valence electrons. The van der Waals surface area contributed by atoms with Gasteiger partial charge in [-0.15, -0.1) is 0 Å². The molecule has 2 aromatic carbocycles. The van der Waals surface area contributed by atoms with Gasteiger partial charge in [-0.05, 0) is 86.6 Å². The standard InChI is InChI=1S/C31H33N5O2S/c1-20-10-9-11-23(18-20)36-21(2)19-24(22(36)3)30-29(26-13-7-8-16-32-26)34-31(39)35(30)17-15-28(37)33-25-12-5-6-14-27(25)38-4/h5-14,16,18-19,29-30H,15,17H2,1-4H3,(H,33,37)(H,34,39)/t29-,30+/m1/s1. The number of aromatic nitrogens is 2. The van der Waals surface area contributed by atoms with Crippen molar-refractivity contribution >= 4 is 28.9 Å². The van der Waals surface area contributed by atoms with E-state index in [1.54, 1.807) is 13.3 Å². The summed E-state index contributed by atoms with van der Waals surface area (Å²) in [5, 5.41) is 7.09. The highest BCUT2D eigenvalue weighted by molar-refractivity contribution is 7.80. The van der Waals surface area contributed by atoms with Gasteiger partial charge in [0.2, 0.25) is 5.91 Å². The quantitative estimate of drug-likeness (QED) is 0.276. The topological polar surface area (TPSA) is 71.4 Å². The van der Waals surface area contributed by atoms with Crippen molar-refractivity contribution in [1.82, 2.24) is 19.8 Å². The molecule has 3 heterocycles. The van der Waals surface area contributed by atoms with E-state index in [9.17, 15) is 4.79 Å². The molecule has 0 spiro atoms. The molecule has 2 aromatic heterocycles. The van der Waals surface area contributed by atoms with Crippen LogP contribution in [0.15, 0.2) is 79.0 Å². The van der Waals surface area contributed by atoms with Crippen molar-refractivity contribution < 1.29 is 9.53 Å². The van der Waals surface area contributed by atoms with Crippen LogP contribution in [0.5, 0.6) is 5.75 Å². The molecule has 1 aliphatic heterocycles. The number of benzene rings is 2. The summed E-state index contributed by atoms with van der Waals surface area (Å²) < 4.78 is 7.67. The van der Waals surface area contributed by atoms with E-state index in [-0.39, 0.29) is 24.4 Å². The minimum Gasteiger partial charge on any atom is -0.495 e. The van der Waals surface area contributed by atoms with Crippen LogP contribution in [0.25, 0.3) is 5.69 Å². The normalized spacial score (nSPS) is 16.7. The molecule has 2 atom stereocenters. The lowest BCUT2D eigenvalue weighted by Crippen LogP contribution is -2.33. The fourth-order valence-corrected chi connectivity index (χ4v) is 5.75. The smallest absolute Gasteiger partial charge is 0.226 e. The summed E-state index contributed by atoms with van der Waals surface area (Å²) in [6.45, 7) is 6.83. The molecule has 1 fully saturated rings. The van der Waals surface area contributed by atoms with E-state index in [0.717, 1.165) is 28.3 Å². The van der Waals surface area contributed by atoms with Crippen LogP contribution < -0.4 is 15.4 Å². The second-order valence-corrected chi connectivity index (χ2v) is 10.2. The molecular formula is C31H33N5O2S. The number of hydrogen-bond donors (Lipinski definition) is 2. The van der Waals surface area contributed by atoms with Gasteiger partial charge < -0.3 is 24.8 Å². The number of methoxy groups -OCH3 is 1. The third kappa shape index (κ3) is 5.38. The zero-order chi connectivity index (χ0) is 27.5. The van der Waals surface area contributed by atoms with Crippen LogP contribution in [0, 0.1) is 20.8 Å². The maximum absolute atomic E-state index is 13.0. The number of nitrogens with zero attached hydrogens (tertiary/aromatic N) is 3. The van der Waals surface area contributed by atoms with Crippen LogP contribution in [0.4, 0.5) is 5.69 Å². The Morgan fingerprint density at radius 2 is 1.85 bits per heavy atom. The van der Waals surface area contributed by atoms with E-state index >= 15 is 0 Å². The van der Waals surface area contributed by atoms with E-state index in [1.807, 2.05) is 42.5 Å². The van der Waals surface area contributed by atoms with Crippen molar-refractivity contribution in [3.05, 3.63) is 107 Å². The van der Waals surface area contributed by atoms with Crippen molar-refractivity contribution in [1.29, 1.82) is 0 Å². The highest BCUT2D eigenvalue weighted by atomic mass is 32.1. The Hall–Kier alpha value is -4.17. The Bertz CT molecular complexity index is 1500. The Balaban J connectivity index is 1.47. The van der Waals surface area contributed by atoms with E-state index in [2.05, 4.69) is 76.2 Å². The number of para-hydroxylation sites is 2. The van der Waals surface area contributed by atoms with E-state index < -0.39 is 0 Å². The Kier molecular flexibility index (Phi) is 7.65. The highest BCUT2D eigenvalue weighted by Crippen LogP contribution is 2.41. The molecule has 1 saturated heterocycles. The molecule has 0 saturated carbocycles. The molecule has 0 bridgehead atoms. The molecule has 0 aliphatic carbocycles. The Labute approximate surface area is 234 Å². The van der Waals surface area contributed by atoms with Gasteiger partial charge in [-0.1, -0.05) is 30.3 Å². The molecule has 1 amide bonds. The van der Waals surface area contributed by atoms with E-state index in [0.29, 0.717) is 23.1 Å². The number of hydrogen-bond acceptors (Lipinski definition) is 4. The number of carbonyl (C=O) groups is 1. The number of rotatable bonds is 8. The van der Waals surface area contributed by atoms with E-state index in [4.69, 9.17) is 17.0 Å².